The highest BCUT2D eigenvalue weighted by molar-refractivity contribution is 5.73. The lowest BCUT2D eigenvalue weighted by Crippen LogP contribution is -2.04. The number of halogens is 3. The molecule has 0 amide bonds. The van der Waals surface area contributed by atoms with Crippen molar-refractivity contribution in [2.75, 3.05) is 7.11 Å². The van der Waals surface area contributed by atoms with E-state index in [1.54, 1.807) is 30.6 Å². The molecular formula is C18H13F3N2O2. The Morgan fingerprint density at radius 2 is 1.68 bits per heavy atom. The third-order valence-electron chi connectivity index (χ3n) is 3.46. The summed E-state index contributed by atoms with van der Waals surface area (Å²) in [4.78, 5) is 8.24. The lowest BCUT2D eigenvalue weighted by Gasteiger charge is -2.13. The normalized spacial score (nSPS) is 11.2. The number of ether oxygens (including phenoxy) is 2. The maximum atomic E-state index is 12.6. The van der Waals surface area contributed by atoms with Crippen LogP contribution in [0.15, 0.2) is 61.1 Å². The van der Waals surface area contributed by atoms with Gasteiger partial charge in [0.15, 0.2) is 0 Å². The number of hydrogen-bond donors (Lipinski definition) is 0. The summed E-state index contributed by atoms with van der Waals surface area (Å²) in [6.07, 6.45) is 0.341. The summed E-state index contributed by atoms with van der Waals surface area (Å²) < 4.78 is 48.9. The largest absolute Gasteiger partial charge is 0.496 e. The number of pyridine rings is 2. The monoisotopic (exact) mass is 346 g/mol. The van der Waals surface area contributed by atoms with Crippen LogP contribution in [0.3, 0.4) is 0 Å². The average molecular weight is 346 g/mol. The van der Waals surface area contributed by atoms with Crippen molar-refractivity contribution in [2.24, 2.45) is 0 Å². The van der Waals surface area contributed by atoms with E-state index in [0.29, 0.717) is 16.9 Å². The molecule has 3 aromatic rings. The van der Waals surface area contributed by atoms with E-state index < -0.39 is 11.7 Å². The second kappa shape index (κ2) is 6.80. The number of aromatic nitrogens is 2. The Kier molecular flexibility index (Phi) is 4.56. The van der Waals surface area contributed by atoms with E-state index in [1.807, 2.05) is 0 Å². The van der Waals surface area contributed by atoms with Crippen LogP contribution in [0.1, 0.15) is 5.56 Å². The van der Waals surface area contributed by atoms with Gasteiger partial charge in [-0.2, -0.15) is 13.2 Å². The van der Waals surface area contributed by atoms with Crippen molar-refractivity contribution in [3.8, 4) is 28.5 Å². The molecule has 0 saturated carbocycles. The fraction of sp³-hybridized carbons (Fsp3) is 0.111. The van der Waals surface area contributed by atoms with Crippen LogP contribution in [0, 0.1) is 0 Å². The van der Waals surface area contributed by atoms with Gasteiger partial charge >= 0.3 is 6.18 Å². The molecule has 0 N–H and O–H groups in total. The predicted octanol–water partition coefficient (Wildman–Crippen LogP) is 4.96. The molecule has 0 unspecified atom stereocenters. The topological polar surface area (TPSA) is 44.2 Å². The summed E-state index contributed by atoms with van der Waals surface area (Å²) in [5.41, 5.74) is 0.544. The molecule has 0 radical (unpaired) electrons. The molecule has 4 nitrogen and oxygen atoms in total. The van der Waals surface area contributed by atoms with E-state index in [1.165, 1.54) is 25.4 Å². The highest BCUT2D eigenvalue weighted by Crippen LogP contribution is 2.37. The minimum Gasteiger partial charge on any atom is -0.496 e. The third kappa shape index (κ3) is 3.71. The fourth-order valence-corrected chi connectivity index (χ4v) is 2.26. The first-order chi connectivity index (χ1) is 12.0. The minimum atomic E-state index is -4.39. The fourth-order valence-electron chi connectivity index (χ4n) is 2.26. The summed E-state index contributed by atoms with van der Waals surface area (Å²) in [5, 5.41) is 0. The van der Waals surface area contributed by atoms with Gasteiger partial charge < -0.3 is 9.47 Å². The molecule has 3 rings (SSSR count). The molecule has 128 valence electrons. The molecule has 1 aromatic carbocycles. The van der Waals surface area contributed by atoms with Crippen LogP contribution < -0.4 is 9.47 Å². The summed E-state index contributed by atoms with van der Waals surface area (Å²) in [6.45, 7) is 0. The Morgan fingerprint density at radius 3 is 2.36 bits per heavy atom. The molecule has 7 heteroatoms. The van der Waals surface area contributed by atoms with Crippen molar-refractivity contribution in [2.45, 2.75) is 6.18 Å². The Balaban J connectivity index is 1.94. The maximum Gasteiger partial charge on any atom is 0.416 e. The number of alkyl halides is 3. The van der Waals surface area contributed by atoms with Crippen LogP contribution >= 0.6 is 0 Å². The minimum absolute atomic E-state index is 0.244. The number of benzene rings is 1. The van der Waals surface area contributed by atoms with Gasteiger partial charge in [-0.25, -0.2) is 4.98 Å². The second-order valence-electron chi connectivity index (χ2n) is 5.06. The third-order valence-corrected chi connectivity index (χ3v) is 3.46. The Bertz CT molecular complexity index is 865. The molecular weight excluding hydrogens is 333 g/mol. The molecule has 2 aromatic heterocycles. The SMILES string of the molecule is COc1ccncc1-c1cccnc1Oc1ccc(C(F)(F)F)cc1. The predicted molar refractivity (Wildman–Crippen MR) is 85.5 cm³/mol. The van der Waals surface area contributed by atoms with E-state index in [9.17, 15) is 13.2 Å². The number of nitrogens with zero attached hydrogens (tertiary/aromatic N) is 2. The number of rotatable bonds is 4. The molecule has 0 bridgehead atoms. The van der Waals surface area contributed by atoms with Crippen molar-refractivity contribution in [3.63, 3.8) is 0 Å². The average Bonchev–Trinajstić information content (AvgIpc) is 2.62. The van der Waals surface area contributed by atoms with Gasteiger partial charge in [0, 0.05) is 29.7 Å². The first kappa shape index (κ1) is 16.8. The zero-order chi connectivity index (χ0) is 17.9. The lowest BCUT2D eigenvalue weighted by molar-refractivity contribution is -0.137. The summed E-state index contributed by atoms with van der Waals surface area (Å²) in [7, 11) is 1.53. The van der Waals surface area contributed by atoms with Gasteiger partial charge in [-0.3, -0.25) is 4.98 Å². The zero-order valence-electron chi connectivity index (χ0n) is 13.1. The highest BCUT2D eigenvalue weighted by Gasteiger charge is 2.30. The van der Waals surface area contributed by atoms with Gasteiger partial charge in [0.1, 0.15) is 11.5 Å². The summed E-state index contributed by atoms with van der Waals surface area (Å²) >= 11 is 0. The first-order valence-corrected chi connectivity index (χ1v) is 7.27. The smallest absolute Gasteiger partial charge is 0.416 e. The van der Waals surface area contributed by atoms with Gasteiger partial charge in [0.2, 0.25) is 5.88 Å². The standard InChI is InChI=1S/C18H13F3N2O2/c1-24-16-8-10-22-11-15(16)14-3-2-9-23-17(14)25-13-6-4-12(5-7-13)18(19,20)21/h2-11H,1H3. The number of hydrogen-bond acceptors (Lipinski definition) is 4. The molecule has 0 fully saturated rings. The highest BCUT2D eigenvalue weighted by atomic mass is 19.4. The van der Waals surface area contributed by atoms with Crippen molar-refractivity contribution in [1.29, 1.82) is 0 Å². The molecule has 0 aliphatic rings. The van der Waals surface area contributed by atoms with Gasteiger partial charge in [0.25, 0.3) is 0 Å². The second-order valence-corrected chi connectivity index (χ2v) is 5.06. The molecule has 0 atom stereocenters. The van der Waals surface area contributed by atoms with Crippen LogP contribution in [-0.2, 0) is 6.18 Å². The van der Waals surface area contributed by atoms with Crippen molar-refractivity contribution >= 4 is 0 Å². The van der Waals surface area contributed by atoms with Crippen molar-refractivity contribution in [3.05, 3.63) is 66.6 Å². The maximum absolute atomic E-state index is 12.6. The molecule has 0 saturated heterocycles. The quantitative estimate of drug-likeness (QED) is 0.669. The van der Waals surface area contributed by atoms with Gasteiger partial charge in [-0.15, -0.1) is 0 Å². The van der Waals surface area contributed by atoms with Crippen LogP contribution in [0.25, 0.3) is 11.1 Å². The molecule has 0 aliphatic carbocycles. The summed E-state index contributed by atoms with van der Waals surface area (Å²) in [5.74, 6) is 1.07. The van der Waals surface area contributed by atoms with E-state index in [0.717, 1.165) is 12.1 Å². The van der Waals surface area contributed by atoms with Crippen LogP contribution in [0.4, 0.5) is 13.2 Å². The van der Waals surface area contributed by atoms with Crippen molar-refractivity contribution < 1.29 is 22.6 Å². The molecule has 25 heavy (non-hydrogen) atoms. The van der Waals surface area contributed by atoms with E-state index in [4.69, 9.17) is 9.47 Å². The first-order valence-electron chi connectivity index (χ1n) is 7.27. The van der Waals surface area contributed by atoms with Gasteiger partial charge in [-0.05, 0) is 42.5 Å². The van der Waals surface area contributed by atoms with Crippen LogP contribution in [-0.4, -0.2) is 17.1 Å². The lowest BCUT2D eigenvalue weighted by atomic mass is 10.1. The molecule has 0 aliphatic heterocycles. The number of methoxy groups -OCH3 is 1. The summed E-state index contributed by atoms with van der Waals surface area (Å²) in [6, 6.07) is 9.62. The van der Waals surface area contributed by atoms with Crippen molar-refractivity contribution in [1.82, 2.24) is 9.97 Å². The zero-order valence-corrected chi connectivity index (χ0v) is 13.1. The van der Waals surface area contributed by atoms with Crippen LogP contribution in [0.5, 0.6) is 17.4 Å². The van der Waals surface area contributed by atoms with E-state index in [2.05, 4.69) is 9.97 Å². The van der Waals surface area contributed by atoms with E-state index in [-0.39, 0.29) is 11.6 Å². The van der Waals surface area contributed by atoms with Gasteiger partial charge in [-0.1, -0.05) is 0 Å². The Labute approximate surface area is 141 Å². The molecule has 0 spiro atoms. The van der Waals surface area contributed by atoms with E-state index >= 15 is 0 Å². The molecule has 2 heterocycles. The Morgan fingerprint density at radius 1 is 0.920 bits per heavy atom. The Hall–Kier alpha value is -3.09. The van der Waals surface area contributed by atoms with Gasteiger partial charge in [0.05, 0.1) is 12.7 Å². The van der Waals surface area contributed by atoms with Crippen LogP contribution in [0.2, 0.25) is 0 Å².